The zero-order valence-electron chi connectivity index (χ0n) is 15.2. The predicted octanol–water partition coefficient (Wildman–Crippen LogP) is 2.34. The Morgan fingerprint density at radius 2 is 1.12 bits per heavy atom. The maximum absolute atomic E-state index is 10.8. The maximum Gasteiger partial charge on any atom is 0.303 e. The van der Waals surface area contributed by atoms with Crippen molar-refractivity contribution >= 4 is 17.9 Å². The molecule has 8 nitrogen and oxygen atoms in total. The molecule has 1 fully saturated rings. The van der Waals surface area contributed by atoms with Gasteiger partial charge in [-0.05, 0) is 57.3 Å². The third kappa shape index (κ3) is 7.70. The van der Waals surface area contributed by atoms with Crippen LogP contribution in [-0.4, -0.2) is 50.7 Å². The normalized spacial score (nSPS) is 28.6. The number of carboxylic acids is 3. The van der Waals surface area contributed by atoms with Gasteiger partial charge in [0.05, 0.1) is 6.10 Å². The van der Waals surface area contributed by atoms with Crippen LogP contribution >= 0.6 is 0 Å². The van der Waals surface area contributed by atoms with Crippen LogP contribution in [-0.2, 0) is 19.1 Å². The van der Waals surface area contributed by atoms with Crippen molar-refractivity contribution in [2.45, 2.75) is 77.1 Å². The fourth-order valence-corrected chi connectivity index (χ4v) is 4.00. The molecule has 8 heteroatoms. The molecule has 0 aromatic rings. The highest BCUT2D eigenvalue weighted by Gasteiger charge is 2.42. The van der Waals surface area contributed by atoms with Crippen LogP contribution in [0, 0.1) is 17.8 Å². The summed E-state index contributed by atoms with van der Waals surface area (Å²) in [5, 5.41) is 36.9. The van der Waals surface area contributed by atoms with E-state index in [-0.39, 0.29) is 43.1 Å². The summed E-state index contributed by atoms with van der Waals surface area (Å²) in [4.78, 5) is 32.4. The van der Waals surface area contributed by atoms with Crippen molar-refractivity contribution in [2.75, 3.05) is 0 Å². The Hall–Kier alpha value is -1.67. The van der Waals surface area contributed by atoms with Crippen molar-refractivity contribution in [3.63, 3.8) is 0 Å². The molecular formula is C18H30O8. The molecule has 1 aliphatic rings. The Morgan fingerprint density at radius 1 is 0.731 bits per heavy atom. The lowest BCUT2D eigenvalue weighted by molar-refractivity contribution is -0.233. The molecule has 0 amide bonds. The van der Waals surface area contributed by atoms with Crippen LogP contribution in [0.1, 0.15) is 64.7 Å². The molecule has 150 valence electrons. The van der Waals surface area contributed by atoms with Gasteiger partial charge in [0.15, 0.2) is 6.29 Å². The zero-order chi connectivity index (χ0) is 19.7. The Kier molecular flexibility index (Phi) is 9.58. The molecule has 4 N–H and O–H groups in total. The SMILES string of the molecule is C[C@@H]1OC(O)[C@H](CCCC(=O)O)[C@H](CCCC(=O)O)[C@@H]1CCCC(=O)O. The lowest BCUT2D eigenvalue weighted by Gasteiger charge is -2.45. The molecular weight excluding hydrogens is 344 g/mol. The van der Waals surface area contributed by atoms with Gasteiger partial charge in [-0.15, -0.1) is 0 Å². The highest BCUT2D eigenvalue weighted by atomic mass is 16.6. The lowest BCUT2D eigenvalue weighted by Crippen LogP contribution is -2.46. The summed E-state index contributed by atoms with van der Waals surface area (Å²) in [6.07, 6.45) is 1.87. The van der Waals surface area contributed by atoms with E-state index in [2.05, 4.69) is 0 Å². The molecule has 0 aliphatic carbocycles. The van der Waals surface area contributed by atoms with Gasteiger partial charge in [-0.3, -0.25) is 14.4 Å². The Labute approximate surface area is 153 Å². The van der Waals surface area contributed by atoms with E-state index in [9.17, 15) is 19.5 Å². The lowest BCUT2D eigenvalue weighted by atomic mass is 9.70. The van der Waals surface area contributed by atoms with E-state index >= 15 is 0 Å². The molecule has 0 aromatic carbocycles. The van der Waals surface area contributed by atoms with Gasteiger partial charge < -0.3 is 25.2 Å². The molecule has 1 saturated heterocycles. The Balaban J connectivity index is 2.81. The average molecular weight is 374 g/mol. The fourth-order valence-electron chi connectivity index (χ4n) is 4.00. The second-order valence-corrected chi connectivity index (χ2v) is 7.08. The molecule has 5 atom stereocenters. The highest BCUT2D eigenvalue weighted by molar-refractivity contribution is 5.67. The second kappa shape index (κ2) is 11.1. The van der Waals surface area contributed by atoms with Crippen LogP contribution in [0.2, 0.25) is 0 Å². The van der Waals surface area contributed by atoms with Gasteiger partial charge in [0.25, 0.3) is 0 Å². The van der Waals surface area contributed by atoms with Crippen molar-refractivity contribution in [3.8, 4) is 0 Å². The molecule has 1 heterocycles. The van der Waals surface area contributed by atoms with Gasteiger partial charge in [0.2, 0.25) is 0 Å². The Bertz CT molecular complexity index is 446. The van der Waals surface area contributed by atoms with Crippen molar-refractivity contribution in [3.05, 3.63) is 0 Å². The highest BCUT2D eigenvalue weighted by Crippen LogP contribution is 2.42. The van der Waals surface area contributed by atoms with Crippen molar-refractivity contribution in [1.82, 2.24) is 0 Å². The van der Waals surface area contributed by atoms with E-state index in [1.54, 1.807) is 0 Å². The van der Waals surface area contributed by atoms with Gasteiger partial charge in [0, 0.05) is 25.2 Å². The molecule has 26 heavy (non-hydrogen) atoms. The van der Waals surface area contributed by atoms with E-state index in [1.165, 1.54) is 0 Å². The van der Waals surface area contributed by atoms with E-state index in [0.29, 0.717) is 38.5 Å². The minimum atomic E-state index is -1.01. The summed E-state index contributed by atoms with van der Waals surface area (Å²) in [6, 6.07) is 0. The van der Waals surface area contributed by atoms with Gasteiger partial charge >= 0.3 is 17.9 Å². The molecule has 1 rings (SSSR count). The quantitative estimate of drug-likeness (QED) is 0.408. The number of rotatable bonds is 12. The summed E-state index contributed by atoms with van der Waals surface area (Å²) in [5.74, 6) is -2.92. The number of aliphatic carboxylic acids is 3. The van der Waals surface area contributed by atoms with Crippen LogP contribution < -0.4 is 0 Å². The molecule has 0 aromatic heterocycles. The number of hydrogen-bond donors (Lipinski definition) is 4. The predicted molar refractivity (Wildman–Crippen MR) is 91.5 cm³/mol. The summed E-state index contributed by atoms with van der Waals surface area (Å²) in [6.45, 7) is 1.84. The number of ether oxygens (including phenoxy) is 1. The monoisotopic (exact) mass is 374 g/mol. The fraction of sp³-hybridized carbons (Fsp3) is 0.833. The van der Waals surface area contributed by atoms with Gasteiger partial charge in [-0.2, -0.15) is 0 Å². The number of carboxylic acid groups (broad SMARTS) is 3. The maximum atomic E-state index is 10.8. The van der Waals surface area contributed by atoms with Crippen LogP contribution in [0.4, 0.5) is 0 Å². The first kappa shape index (κ1) is 22.4. The van der Waals surface area contributed by atoms with Crippen LogP contribution in [0.3, 0.4) is 0 Å². The molecule has 1 unspecified atom stereocenters. The molecule has 0 saturated carbocycles. The minimum Gasteiger partial charge on any atom is -0.481 e. The third-order valence-corrected chi connectivity index (χ3v) is 5.21. The van der Waals surface area contributed by atoms with Gasteiger partial charge in [-0.25, -0.2) is 0 Å². The summed E-state index contributed by atoms with van der Waals surface area (Å²) < 4.78 is 5.63. The number of hydrogen-bond acceptors (Lipinski definition) is 5. The molecule has 1 aliphatic heterocycles. The van der Waals surface area contributed by atoms with Gasteiger partial charge in [0.1, 0.15) is 0 Å². The smallest absolute Gasteiger partial charge is 0.303 e. The standard InChI is InChI=1S/C18H30O8/c1-11-12(5-2-8-15(19)20)13(6-3-9-16(21)22)14(18(25)26-11)7-4-10-17(23)24/h11-14,18,25H,2-10H2,1H3,(H,19,20)(H,21,22)(H,23,24)/t11-,12+,13+,14+,18?/m0/s1. The first-order valence-corrected chi connectivity index (χ1v) is 9.21. The van der Waals surface area contributed by atoms with Crippen LogP contribution in [0.15, 0.2) is 0 Å². The van der Waals surface area contributed by atoms with E-state index in [4.69, 9.17) is 20.1 Å². The summed E-state index contributed by atoms with van der Waals surface area (Å²) in [5.41, 5.74) is 0. The summed E-state index contributed by atoms with van der Waals surface area (Å²) >= 11 is 0. The van der Waals surface area contributed by atoms with Crippen LogP contribution in [0.5, 0.6) is 0 Å². The number of aliphatic hydroxyl groups is 1. The minimum absolute atomic E-state index is 0.00427. The molecule has 0 bridgehead atoms. The van der Waals surface area contributed by atoms with E-state index in [0.717, 1.165) is 0 Å². The number of carbonyl (C=O) groups is 3. The molecule has 0 radical (unpaired) electrons. The first-order chi connectivity index (χ1) is 12.2. The zero-order valence-corrected chi connectivity index (χ0v) is 15.2. The largest absolute Gasteiger partial charge is 0.481 e. The average Bonchev–Trinajstić information content (AvgIpc) is 2.51. The first-order valence-electron chi connectivity index (χ1n) is 9.21. The molecule has 0 spiro atoms. The summed E-state index contributed by atoms with van der Waals surface area (Å²) in [7, 11) is 0. The van der Waals surface area contributed by atoms with Crippen molar-refractivity contribution in [2.24, 2.45) is 17.8 Å². The topological polar surface area (TPSA) is 141 Å². The second-order valence-electron chi connectivity index (χ2n) is 7.08. The van der Waals surface area contributed by atoms with Crippen molar-refractivity contribution in [1.29, 1.82) is 0 Å². The van der Waals surface area contributed by atoms with Crippen molar-refractivity contribution < 1.29 is 39.5 Å². The van der Waals surface area contributed by atoms with E-state index in [1.807, 2.05) is 6.92 Å². The van der Waals surface area contributed by atoms with Crippen LogP contribution in [0.25, 0.3) is 0 Å². The Morgan fingerprint density at radius 3 is 1.54 bits per heavy atom. The third-order valence-electron chi connectivity index (χ3n) is 5.21. The van der Waals surface area contributed by atoms with E-state index < -0.39 is 24.2 Å². The number of aliphatic hydroxyl groups excluding tert-OH is 1. The van der Waals surface area contributed by atoms with Gasteiger partial charge in [-0.1, -0.05) is 0 Å².